The third kappa shape index (κ3) is 1.66. The molecule has 7 heteroatoms. The van der Waals surface area contributed by atoms with Gasteiger partial charge in [0, 0.05) is 13.1 Å². The summed E-state index contributed by atoms with van der Waals surface area (Å²) in [5.74, 6) is 0. The van der Waals surface area contributed by atoms with Gasteiger partial charge in [0.25, 0.3) is 5.56 Å². The molecular formula is C10H14N4O2S. The normalized spacial score (nSPS) is 13.1. The molecule has 0 aliphatic heterocycles. The molecule has 92 valence electrons. The Bertz CT molecular complexity index is 733. The van der Waals surface area contributed by atoms with Crippen LogP contribution in [-0.2, 0) is 7.05 Å². The summed E-state index contributed by atoms with van der Waals surface area (Å²) < 4.78 is 3.53. The number of aromatic nitrogens is 4. The van der Waals surface area contributed by atoms with Crippen LogP contribution in [0.1, 0.15) is 26.3 Å². The van der Waals surface area contributed by atoms with Gasteiger partial charge in [0.15, 0.2) is 10.3 Å². The molecule has 1 unspecified atom stereocenters. The molecule has 2 heterocycles. The van der Waals surface area contributed by atoms with Crippen LogP contribution < -0.4 is 11.2 Å². The molecule has 0 bridgehead atoms. The van der Waals surface area contributed by atoms with E-state index in [0.717, 1.165) is 6.42 Å². The molecule has 0 amide bonds. The molecule has 0 fully saturated rings. The van der Waals surface area contributed by atoms with Crippen LogP contribution in [0.5, 0.6) is 0 Å². The fourth-order valence-electron chi connectivity index (χ4n) is 1.86. The summed E-state index contributed by atoms with van der Waals surface area (Å²) in [7, 11) is 1.70. The van der Waals surface area contributed by atoms with Crippen molar-refractivity contribution in [2.45, 2.75) is 26.3 Å². The Hall–Kier alpha value is -1.63. The van der Waals surface area contributed by atoms with Crippen LogP contribution in [0.4, 0.5) is 0 Å². The minimum Gasteiger partial charge on any atom is -0.316 e. The van der Waals surface area contributed by atoms with Gasteiger partial charge in [-0.05, 0) is 25.6 Å². The Morgan fingerprint density at radius 3 is 2.59 bits per heavy atom. The zero-order valence-electron chi connectivity index (χ0n) is 9.90. The number of hydrogen-bond acceptors (Lipinski definition) is 3. The van der Waals surface area contributed by atoms with Gasteiger partial charge in [-0.15, -0.1) is 0 Å². The lowest BCUT2D eigenvalue weighted by atomic mass is 10.2. The molecule has 1 atom stereocenters. The van der Waals surface area contributed by atoms with E-state index in [-0.39, 0.29) is 6.04 Å². The van der Waals surface area contributed by atoms with Gasteiger partial charge >= 0.3 is 5.69 Å². The van der Waals surface area contributed by atoms with E-state index >= 15 is 0 Å². The number of nitrogens with one attached hydrogen (secondary N) is 2. The lowest BCUT2D eigenvalue weighted by Gasteiger charge is -2.12. The van der Waals surface area contributed by atoms with Crippen molar-refractivity contribution in [3.63, 3.8) is 0 Å². The standard InChI is InChI=1S/C10H14N4O2S/c1-4-5(2)14-7-6(8(15)12-9(14)16)13(3)10(17)11-7/h5H,4H2,1-3H3,(H,11,17)(H,12,15,16). The van der Waals surface area contributed by atoms with Crippen LogP contribution >= 0.6 is 12.2 Å². The topological polar surface area (TPSA) is 75.6 Å². The Labute approximate surface area is 102 Å². The van der Waals surface area contributed by atoms with E-state index in [0.29, 0.717) is 15.9 Å². The first-order valence-corrected chi connectivity index (χ1v) is 5.81. The van der Waals surface area contributed by atoms with E-state index in [1.54, 1.807) is 11.6 Å². The Kier molecular flexibility index (Phi) is 2.78. The van der Waals surface area contributed by atoms with Gasteiger partial charge in [-0.25, -0.2) is 4.79 Å². The number of H-pyrrole nitrogens is 2. The second-order valence-corrected chi connectivity index (χ2v) is 4.46. The van der Waals surface area contributed by atoms with Crippen molar-refractivity contribution in [3.8, 4) is 0 Å². The van der Waals surface area contributed by atoms with Crippen LogP contribution in [-0.4, -0.2) is 19.1 Å². The summed E-state index contributed by atoms with van der Waals surface area (Å²) in [4.78, 5) is 28.8. The first-order valence-electron chi connectivity index (χ1n) is 5.40. The lowest BCUT2D eigenvalue weighted by molar-refractivity contribution is 0.517. The molecule has 0 aliphatic rings. The number of hydrogen-bond donors (Lipinski definition) is 2. The minimum absolute atomic E-state index is 0.00472. The van der Waals surface area contributed by atoms with Crippen LogP contribution in [0, 0.1) is 4.77 Å². The summed E-state index contributed by atoms with van der Waals surface area (Å²) in [6.45, 7) is 3.90. The summed E-state index contributed by atoms with van der Waals surface area (Å²) in [6, 6.07) is -0.00472. The van der Waals surface area contributed by atoms with Gasteiger partial charge in [-0.3, -0.25) is 14.3 Å². The summed E-state index contributed by atoms with van der Waals surface area (Å²) in [6.07, 6.45) is 0.788. The SMILES string of the molecule is CCC(C)n1c(=O)[nH]c(=O)c2c1[nH]c(=S)n2C. The zero-order valence-corrected chi connectivity index (χ0v) is 10.7. The molecule has 0 spiro atoms. The number of aromatic amines is 2. The summed E-state index contributed by atoms with van der Waals surface area (Å²) in [5.41, 5.74) is 0.0589. The summed E-state index contributed by atoms with van der Waals surface area (Å²) >= 11 is 5.08. The second-order valence-electron chi connectivity index (χ2n) is 4.07. The van der Waals surface area contributed by atoms with Gasteiger partial charge in [0.2, 0.25) is 0 Å². The minimum atomic E-state index is -0.417. The molecular weight excluding hydrogens is 240 g/mol. The Balaban J connectivity index is 3.04. The van der Waals surface area contributed by atoms with Crippen molar-refractivity contribution in [3.05, 3.63) is 25.6 Å². The van der Waals surface area contributed by atoms with Crippen molar-refractivity contribution >= 4 is 23.4 Å². The molecule has 0 aromatic carbocycles. The van der Waals surface area contributed by atoms with E-state index in [1.165, 1.54) is 4.57 Å². The molecule has 2 aromatic heterocycles. The average molecular weight is 254 g/mol. The van der Waals surface area contributed by atoms with E-state index in [9.17, 15) is 9.59 Å². The van der Waals surface area contributed by atoms with Gasteiger partial charge in [-0.1, -0.05) is 6.92 Å². The number of imidazole rings is 1. The van der Waals surface area contributed by atoms with E-state index in [2.05, 4.69) is 9.97 Å². The highest BCUT2D eigenvalue weighted by Crippen LogP contribution is 2.13. The van der Waals surface area contributed by atoms with Crippen molar-refractivity contribution in [1.82, 2.24) is 19.1 Å². The number of rotatable bonds is 2. The molecule has 0 aliphatic carbocycles. The highest BCUT2D eigenvalue weighted by Gasteiger charge is 2.15. The molecule has 17 heavy (non-hydrogen) atoms. The van der Waals surface area contributed by atoms with Crippen LogP contribution in [0.15, 0.2) is 9.59 Å². The Morgan fingerprint density at radius 1 is 1.35 bits per heavy atom. The van der Waals surface area contributed by atoms with Crippen LogP contribution in [0.3, 0.4) is 0 Å². The van der Waals surface area contributed by atoms with Crippen molar-refractivity contribution < 1.29 is 0 Å². The monoisotopic (exact) mass is 254 g/mol. The fraction of sp³-hybridized carbons (Fsp3) is 0.500. The highest BCUT2D eigenvalue weighted by molar-refractivity contribution is 7.71. The van der Waals surface area contributed by atoms with Crippen LogP contribution in [0.25, 0.3) is 11.2 Å². The van der Waals surface area contributed by atoms with Crippen LogP contribution in [0.2, 0.25) is 0 Å². The smallest absolute Gasteiger partial charge is 0.316 e. The predicted molar refractivity (Wildman–Crippen MR) is 68.0 cm³/mol. The van der Waals surface area contributed by atoms with Crippen molar-refractivity contribution in [2.24, 2.45) is 7.05 Å². The number of aryl methyl sites for hydroxylation is 1. The maximum absolute atomic E-state index is 11.8. The maximum atomic E-state index is 11.8. The van der Waals surface area contributed by atoms with Gasteiger partial charge < -0.3 is 9.55 Å². The fourth-order valence-corrected chi connectivity index (χ4v) is 2.05. The molecule has 0 saturated carbocycles. The van der Waals surface area contributed by atoms with E-state index in [1.807, 2.05) is 13.8 Å². The number of fused-ring (bicyclic) bond motifs is 1. The third-order valence-corrected chi connectivity index (χ3v) is 3.39. The van der Waals surface area contributed by atoms with E-state index in [4.69, 9.17) is 12.2 Å². The number of nitrogens with zero attached hydrogens (tertiary/aromatic N) is 2. The first kappa shape index (κ1) is 11.8. The lowest BCUT2D eigenvalue weighted by Crippen LogP contribution is -2.32. The maximum Gasteiger partial charge on any atom is 0.330 e. The van der Waals surface area contributed by atoms with Gasteiger partial charge in [0.1, 0.15) is 5.65 Å². The molecule has 2 aromatic rings. The highest BCUT2D eigenvalue weighted by atomic mass is 32.1. The van der Waals surface area contributed by atoms with E-state index < -0.39 is 11.2 Å². The second kappa shape index (κ2) is 3.99. The third-order valence-electron chi connectivity index (χ3n) is 3.02. The molecule has 6 nitrogen and oxygen atoms in total. The van der Waals surface area contributed by atoms with Crippen molar-refractivity contribution in [1.29, 1.82) is 0 Å². The molecule has 0 saturated heterocycles. The zero-order chi connectivity index (χ0) is 12.7. The summed E-state index contributed by atoms with van der Waals surface area (Å²) in [5, 5.41) is 0. The van der Waals surface area contributed by atoms with Crippen molar-refractivity contribution in [2.75, 3.05) is 0 Å². The Morgan fingerprint density at radius 2 is 2.00 bits per heavy atom. The average Bonchev–Trinajstić information content (AvgIpc) is 2.55. The van der Waals surface area contributed by atoms with Gasteiger partial charge in [0.05, 0.1) is 0 Å². The predicted octanol–water partition coefficient (Wildman–Crippen LogP) is 1.06. The molecule has 0 radical (unpaired) electrons. The largest absolute Gasteiger partial charge is 0.330 e. The quantitative estimate of drug-likeness (QED) is 0.787. The molecule has 2 rings (SSSR count). The first-order chi connectivity index (χ1) is 7.97. The molecule has 2 N–H and O–H groups in total. The van der Waals surface area contributed by atoms with Gasteiger partial charge in [-0.2, -0.15) is 0 Å².